The van der Waals surface area contributed by atoms with E-state index in [1.807, 2.05) is 70.9 Å². The molecule has 4 aromatic rings. The molecule has 0 aliphatic carbocycles. The van der Waals surface area contributed by atoms with Crippen LogP contribution in [0.4, 0.5) is 11.4 Å². The van der Waals surface area contributed by atoms with Gasteiger partial charge in [-0.25, -0.2) is 0 Å². The zero-order valence-corrected chi connectivity index (χ0v) is 23.3. The number of amides is 2. The zero-order chi connectivity index (χ0) is 27.0. The monoisotopic (exact) mass is 558 g/mol. The molecule has 2 amide bonds. The Morgan fingerprint density at radius 3 is 2.62 bits per heavy atom. The summed E-state index contributed by atoms with van der Waals surface area (Å²) in [5, 5.41) is 5.08. The number of hydrogen-bond donors (Lipinski definition) is 1. The van der Waals surface area contributed by atoms with Crippen LogP contribution in [0.2, 0.25) is 0 Å². The highest BCUT2D eigenvalue weighted by Gasteiger charge is 2.24. The minimum Gasteiger partial charge on any atom is -0.491 e. The van der Waals surface area contributed by atoms with E-state index in [2.05, 4.69) is 5.32 Å². The van der Waals surface area contributed by atoms with Gasteiger partial charge in [0.05, 0.1) is 18.0 Å². The lowest BCUT2D eigenvalue weighted by Crippen LogP contribution is -2.31. The van der Waals surface area contributed by atoms with Gasteiger partial charge < -0.3 is 15.0 Å². The molecule has 0 radical (unpaired) electrons. The number of halogens is 1. The number of nitrogens with zero attached hydrogens (tertiary/aromatic N) is 1. The largest absolute Gasteiger partial charge is 0.491 e. The van der Waals surface area contributed by atoms with Crippen LogP contribution in [0, 0.1) is 0 Å². The predicted molar refractivity (Wildman–Crippen MR) is 161 cm³/mol. The molecule has 1 N–H and O–H groups in total. The summed E-state index contributed by atoms with van der Waals surface area (Å²) < 4.78 is 6.11. The number of aryl methyl sites for hydroxylation is 1. The molecule has 39 heavy (non-hydrogen) atoms. The Balaban J connectivity index is 1.43. The van der Waals surface area contributed by atoms with Crippen molar-refractivity contribution in [1.29, 1.82) is 0 Å². The van der Waals surface area contributed by atoms with Gasteiger partial charge in [0, 0.05) is 28.4 Å². The molecular weight excluding hydrogens is 528 g/mol. The van der Waals surface area contributed by atoms with Gasteiger partial charge in [-0.3, -0.25) is 9.59 Å². The van der Waals surface area contributed by atoms with Crippen LogP contribution in [0.25, 0.3) is 11.1 Å². The number of ether oxygens (including phenoxy) is 1. The number of nitrogens with one attached hydrogen (secondary N) is 1. The summed E-state index contributed by atoms with van der Waals surface area (Å²) in [6, 6.07) is 24.7. The Morgan fingerprint density at radius 2 is 1.77 bits per heavy atom. The highest BCUT2D eigenvalue weighted by Crippen LogP contribution is 2.34. The van der Waals surface area contributed by atoms with Crippen LogP contribution in [-0.4, -0.2) is 30.8 Å². The third kappa shape index (κ3) is 6.35. The average Bonchev–Trinajstić information content (AvgIpc) is 3.35. The Hall–Kier alpha value is -3.61. The van der Waals surface area contributed by atoms with Gasteiger partial charge in [0.25, 0.3) is 11.8 Å². The van der Waals surface area contributed by atoms with Gasteiger partial charge in [-0.1, -0.05) is 48.5 Å². The summed E-state index contributed by atoms with van der Waals surface area (Å²) in [7, 11) is 0. The molecule has 1 aliphatic heterocycles. The van der Waals surface area contributed by atoms with Gasteiger partial charge in [-0.15, -0.1) is 22.9 Å². The van der Waals surface area contributed by atoms with Crippen molar-refractivity contribution in [1.82, 2.24) is 0 Å². The van der Waals surface area contributed by atoms with E-state index >= 15 is 0 Å². The lowest BCUT2D eigenvalue weighted by Gasteiger charge is -2.22. The minimum atomic E-state index is -0.241. The first kappa shape index (κ1) is 27.0. The van der Waals surface area contributed by atoms with E-state index in [0.717, 1.165) is 48.9 Å². The number of carbonyl (C=O) groups excluding carboxylic acids is 2. The number of unbranched alkanes of at least 4 members (excludes halogenated alkanes) is 1. The van der Waals surface area contributed by atoms with Crippen molar-refractivity contribution in [3.05, 3.63) is 100 Å². The zero-order valence-electron chi connectivity index (χ0n) is 21.7. The second-order valence-electron chi connectivity index (χ2n) is 9.46. The van der Waals surface area contributed by atoms with Crippen LogP contribution in [0.5, 0.6) is 5.75 Å². The van der Waals surface area contributed by atoms with E-state index in [9.17, 15) is 9.59 Å². The molecule has 0 fully saturated rings. The second kappa shape index (κ2) is 13.0. The quantitative estimate of drug-likeness (QED) is 0.167. The Labute approximate surface area is 238 Å². The molecule has 0 spiro atoms. The van der Waals surface area contributed by atoms with E-state index in [-0.39, 0.29) is 11.8 Å². The fraction of sp³-hybridized carbons (Fsp3) is 0.250. The van der Waals surface area contributed by atoms with Gasteiger partial charge in [0.1, 0.15) is 5.75 Å². The Morgan fingerprint density at radius 1 is 0.949 bits per heavy atom. The smallest absolute Gasteiger partial charge is 0.258 e. The number of hydrogen-bond acceptors (Lipinski definition) is 4. The van der Waals surface area contributed by atoms with Crippen LogP contribution >= 0.6 is 22.9 Å². The number of carbonyl (C=O) groups is 2. The standard InChI is InChI=1S/C32H31ClN2O3S/c33-18-7-9-20-38-29-22-24(32(37)35-19-8-6-14-30-28(35)17-21-39-30)15-16-27(29)34-31(36)26-13-5-4-12-25(26)23-10-2-1-3-11-23/h1-5,10-13,15-17,21-22H,6-9,14,18-20H2,(H,34,36). The van der Waals surface area contributed by atoms with Crippen molar-refractivity contribution in [2.75, 3.05) is 29.2 Å². The van der Waals surface area contributed by atoms with Gasteiger partial charge >= 0.3 is 0 Å². The van der Waals surface area contributed by atoms with Gasteiger partial charge in [-0.2, -0.15) is 0 Å². The van der Waals surface area contributed by atoms with Crippen LogP contribution in [-0.2, 0) is 6.42 Å². The summed E-state index contributed by atoms with van der Waals surface area (Å²) >= 11 is 7.56. The molecule has 0 saturated heterocycles. The highest BCUT2D eigenvalue weighted by atomic mass is 35.5. The lowest BCUT2D eigenvalue weighted by molar-refractivity contribution is 0.0985. The molecule has 5 rings (SSSR count). The van der Waals surface area contributed by atoms with Gasteiger partial charge in [-0.05, 0) is 78.9 Å². The Kier molecular flexibility index (Phi) is 8.96. The van der Waals surface area contributed by atoms with Crippen molar-refractivity contribution in [3.63, 3.8) is 0 Å². The van der Waals surface area contributed by atoms with Crippen LogP contribution in [0.15, 0.2) is 84.2 Å². The van der Waals surface area contributed by atoms with Crippen LogP contribution in [0.1, 0.15) is 51.3 Å². The number of thiophene rings is 1. The third-order valence-corrected chi connectivity index (χ3v) is 8.05. The number of benzene rings is 3. The maximum absolute atomic E-state index is 13.7. The summed E-state index contributed by atoms with van der Waals surface area (Å²) in [5.41, 5.74) is 4.43. The van der Waals surface area contributed by atoms with Crippen molar-refractivity contribution in [2.45, 2.75) is 32.1 Å². The first-order valence-corrected chi connectivity index (χ1v) is 14.7. The van der Waals surface area contributed by atoms with E-state index in [0.29, 0.717) is 41.6 Å². The fourth-order valence-corrected chi connectivity index (χ4v) is 5.91. The first-order valence-electron chi connectivity index (χ1n) is 13.3. The molecule has 1 aromatic heterocycles. The van der Waals surface area contributed by atoms with E-state index in [4.69, 9.17) is 16.3 Å². The normalized spacial score (nSPS) is 12.9. The van der Waals surface area contributed by atoms with E-state index in [1.54, 1.807) is 29.5 Å². The number of fused-ring (bicyclic) bond motifs is 1. The molecule has 200 valence electrons. The molecular formula is C32H31ClN2O3S. The van der Waals surface area contributed by atoms with Crippen LogP contribution < -0.4 is 15.0 Å². The summed E-state index contributed by atoms with van der Waals surface area (Å²) in [6.07, 6.45) is 4.63. The van der Waals surface area contributed by atoms with E-state index in [1.165, 1.54) is 4.88 Å². The molecule has 0 atom stereocenters. The third-order valence-electron chi connectivity index (χ3n) is 6.81. The topological polar surface area (TPSA) is 58.6 Å². The number of rotatable bonds is 9. The summed E-state index contributed by atoms with van der Waals surface area (Å²) in [5.74, 6) is 0.727. The second-order valence-corrected chi connectivity index (χ2v) is 10.8. The average molecular weight is 559 g/mol. The van der Waals surface area contributed by atoms with E-state index < -0.39 is 0 Å². The van der Waals surface area contributed by atoms with Gasteiger partial charge in [0.2, 0.25) is 0 Å². The molecule has 0 bridgehead atoms. The molecule has 0 unspecified atom stereocenters. The molecule has 7 heteroatoms. The SMILES string of the molecule is O=C(Nc1ccc(C(=O)N2CCCCc3sccc32)cc1OCCCCCl)c1ccccc1-c1ccccc1. The summed E-state index contributed by atoms with van der Waals surface area (Å²) in [6.45, 7) is 1.12. The van der Waals surface area contributed by atoms with Crippen LogP contribution in [0.3, 0.4) is 0 Å². The van der Waals surface area contributed by atoms with Crippen molar-refractivity contribution >= 4 is 46.1 Å². The number of alkyl halides is 1. The molecule has 2 heterocycles. The van der Waals surface area contributed by atoms with Gasteiger partial charge in [0.15, 0.2) is 0 Å². The fourth-order valence-electron chi connectivity index (χ4n) is 4.80. The molecule has 1 aliphatic rings. The van der Waals surface area contributed by atoms with Crippen molar-refractivity contribution < 1.29 is 14.3 Å². The van der Waals surface area contributed by atoms with Crippen molar-refractivity contribution in [2.24, 2.45) is 0 Å². The van der Waals surface area contributed by atoms with Crippen molar-refractivity contribution in [3.8, 4) is 16.9 Å². The minimum absolute atomic E-state index is 0.0607. The highest BCUT2D eigenvalue weighted by molar-refractivity contribution is 7.10. The molecule has 5 nitrogen and oxygen atoms in total. The predicted octanol–water partition coefficient (Wildman–Crippen LogP) is 8.05. The molecule has 0 saturated carbocycles. The maximum atomic E-state index is 13.7. The number of anilines is 2. The summed E-state index contributed by atoms with van der Waals surface area (Å²) in [4.78, 5) is 30.3. The lowest BCUT2D eigenvalue weighted by atomic mass is 9.99. The first-order chi connectivity index (χ1) is 19.2. The molecule has 3 aromatic carbocycles. The maximum Gasteiger partial charge on any atom is 0.258 e. The Bertz CT molecular complexity index is 1440.